The van der Waals surface area contributed by atoms with Crippen molar-refractivity contribution in [2.75, 3.05) is 31.1 Å². The van der Waals surface area contributed by atoms with E-state index < -0.39 is 14.9 Å². The van der Waals surface area contributed by atoms with Crippen LogP contribution in [0.3, 0.4) is 0 Å². The smallest absolute Gasteiger partial charge is 0.293 e. The molecule has 1 atom stereocenters. The third-order valence-corrected chi connectivity index (χ3v) is 7.19. The summed E-state index contributed by atoms with van der Waals surface area (Å²) >= 11 is 0. The molecule has 10 nitrogen and oxygen atoms in total. The van der Waals surface area contributed by atoms with Gasteiger partial charge in [0, 0.05) is 32.2 Å². The zero-order valence-corrected chi connectivity index (χ0v) is 17.6. The largest absolute Gasteiger partial charge is 0.365 e. The summed E-state index contributed by atoms with van der Waals surface area (Å²) in [6.45, 7) is 6.93. The predicted molar refractivity (Wildman–Crippen MR) is 106 cm³/mol. The normalized spacial score (nSPS) is 17.7. The summed E-state index contributed by atoms with van der Waals surface area (Å²) < 4.78 is 32.1. The van der Waals surface area contributed by atoms with Gasteiger partial charge in [0.2, 0.25) is 15.9 Å². The monoisotopic (exact) mass is 423 g/mol. The van der Waals surface area contributed by atoms with Crippen molar-refractivity contribution in [2.45, 2.75) is 44.4 Å². The molecule has 0 amide bonds. The number of rotatable bonds is 7. The van der Waals surface area contributed by atoms with Crippen molar-refractivity contribution in [3.8, 4) is 0 Å². The van der Waals surface area contributed by atoms with Crippen LogP contribution < -0.4 is 4.90 Å². The standard InChI is InChI=1S/C18H25N5O5S/c1-4-22(5-2)29(26,27)15-8-9-16(17(11-15)23(24)25)21-10-6-7-14(12-21)18-19-13(3)20-28-18/h8-9,11,14H,4-7,10,12H2,1-3H3/t14-/m0/s1. The number of benzene rings is 1. The van der Waals surface area contributed by atoms with Crippen LogP contribution in [0.2, 0.25) is 0 Å². The third kappa shape index (κ3) is 4.25. The first-order chi connectivity index (χ1) is 13.8. The molecule has 158 valence electrons. The highest BCUT2D eigenvalue weighted by atomic mass is 32.2. The fourth-order valence-corrected chi connectivity index (χ4v) is 5.14. The van der Waals surface area contributed by atoms with E-state index in [1.165, 1.54) is 16.4 Å². The molecule has 2 aromatic rings. The fourth-order valence-electron chi connectivity index (χ4n) is 3.67. The van der Waals surface area contributed by atoms with Crippen molar-refractivity contribution in [1.82, 2.24) is 14.4 Å². The Morgan fingerprint density at radius 2 is 2.07 bits per heavy atom. The summed E-state index contributed by atoms with van der Waals surface area (Å²) in [7, 11) is -3.78. The Morgan fingerprint density at radius 1 is 1.34 bits per heavy atom. The van der Waals surface area contributed by atoms with Crippen molar-refractivity contribution in [1.29, 1.82) is 0 Å². The van der Waals surface area contributed by atoms with Gasteiger partial charge in [-0.25, -0.2) is 8.42 Å². The number of aryl methyl sites for hydroxylation is 1. The number of nitro benzene ring substituents is 1. The summed E-state index contributed by atoms with van der Waals surface area (Å²) in [4.78, 5) is 17.3. The Labute approximate surface area is 169 Å². The highest BCUT2D eigenvalue weighted by Gasteiger charge is 2.31. The number of nitro groups is 1. The van der Waals surface area contributed by atoms with Crippen LogP contribution in [0.4, 0.5) is 11.4 Å². The second kappa shape index (κ2) is 8.46. The molecular formula is C18H25N5O5S. The van der Waals surface area contributed by atoms with E-state index in [2.05, 4.69) is 10.1 Å². The molecule has 0 radical (unpaired) electrons. The molecule has 29 heavy (non-hydrogen) atoms. The van der Waals surface area contributed by atoms with Gasteiger partial charge in [0.1, 0.15) is 5.69 Å². The molecule has 0 bridgehead atoms. The van der Waals surface area contributed by atoms with Crippen LogP contribution in [0.15, 0.2) is 27.6 Å². The van der Waals surface area contributed by atoms with E-state index in [4.69, 9.17) is 4.52 Å². The van der Waals surface area contributed by atoms with E-state index in [0.717, 1.165) is 18.9 Å². The van der Waals surface area contributed by atoms with Gasteiger partial charge < -0.3 is 9.42 Å². The molecule has 1 aliphatic rings. The molecule has 0 unspecified atom stereocenters. The van der Waals surface area contributed by atoms with Crippen LogP contribution in [0.5, 0.6) is 0 Å². The van der Waals surface area contributed by atoms with Crippen LogP contribution in [0.25, 0.3) is 0 Å². The Hall–Kier alpha value is -2.53. The fraction of sp³-hybridized carbons (Fsp3) is 0.556. The van der Waals surface area contributed by atoms with Crippen LogP contribution in [0.1, 0.15) is 44.3 Å². The maximum Gasteiger partial charge on any atom is 0.293 e. The molecule has 0 spiro atoms. The zero-order chi connectivity index (χ0) is 21.2. The number of nitrogens with zero attached hydrogens (tertiary/aromatic N) is 5. The topological polar surface area (TPSA) is 123 Å². The maximum atomic E-state index is 12.8. The first-order valence-electron chi connectivity index (χ1n) is 9.61. The third-order valence-electron chi connectivity index (χ3n) is 5.14. The minimum absolute atomic E-state index is 0.0244. The highest BCUT2D eigenvalue weighted by molar-refractivity contribution is 7.89. The van der Waals surface area contributed by atoms with Gasteiger partial charge in [-0.2, -0.15) is 9.29 Å². The van der Waals surface area contributed by atoms with Crippen LogP contribution in [0, 0.1) is 17.0 Å². The van der Waals surface area contributed by atoms with Gasteiger partial charge in [0.25, 0.3) is 5.69 Å². The SMILES string of the molecule is CCN(CC)S(=O)(=O)c1ccc(N2CCC[C@H](c3nc(C)no3)C2)c([N+](=O)[O-])c1. The van der Waals surface area contributed by atoms with Crippen molar-refractivity contribution in [3.63, 3.8) is 0 Å². The van der Waals surface area contributed by atoms with Crippen LogP contribution in [-0.2, 0) is 10.0 Å². The van der Waals surface area contributed by atoms with E-state index in [9.17, 15) is 18.5 Å². The summed E-state index contributed by atoms with van der Waals surface area (Å²) in [5, 5.41) is 15.6. The molecule has 1 fully saturated rings. The quantitative estimate of drug-likeness (QED) is 0.492. The molecule has 0 aliphatic carbocycles. The lowest BCUT2D eigenvalue weighted by molar-refractivity contribution is -0.384. The van der Waals surface area contributed by atoms with Crippen LogP contribution >= 0.6 is 0 Å². The van der Waals surface area contributed by atoms with Gasteiger partial charge >= 0.3 is 0 Å². The summed E-state index contributed by atoms with van der Waals surface area (Å²) in [6, 6.07) is 4.12. The number of piperidine rings is 1. The molecule has 0 N–H and O–H groups in total. The number of anilines is 1. The lowest BCUT2D eigenvalue weighted by Gasteiger charge is -2.32. The second-order valence-corrected chi connectivity index (χ2v) is 8.90. The summed E-state index contributed by atoms with van der Waals surface area (Å²) in [6.07, 6.45) is 1.66. The van der Waals surface area contributed by atoms with Crippen LogP contribution in [-0.4, -0.2) is 54.0 Å². The number of hydrogen-bond acceptors (Lipinski definition) is 8. The molecule has 11 heteroatoms. The van der Waals surface area contributed by atoms with Gasteiger partial charge in [0.15, 0.2) is 5.82 Å². The van der Waals surface area contributed by atoms with E-state index in [1.54, 1.807) is 20.8 Å². The van der Waals surface area contributed by atoms with Gasteiger partial charge in [-0.15, -0.1) is 0 Å². The summed E-state index contributed by atoms with van der Waals surface area (Å²) in [5.74, 6) is 1.05. The lowest BCUT2D eigenvalue weighted by atomic mass is 9.97. The van der Waals surface area contributed by atoms with E-state index in [0.29, 0.717) is 43.6 Å². The Balaban J connectivity index is 1.94. The van der Waals surface area contributed by atoms with Crippen molar-refractivity contribution in [2.24, 2.45) is 0 Å². The van der Waals surface area contributed by atoms with Gasteiger partial charge in [-0.3, -0.25) is 10.1 Å². The molecule has 0 saturated carbocycles. The van der Waals surface area contributed by atoms with E-state index >= 15 is 0 Å². The Kier molecular flexibility index (Phi) is 6.18. The number of hydrogen-bond donors (Lipinski definition) is 0. The van der Waals surface area contributed by atoms with Gasteiger partial charge in [0.05, 0.1) is 15.7 Å². The molecule has 1 aliphatic heterocycles. The highest BCUT2D eigenvalue weighted by Crippen LogP contribution is 2.36. The molecule has 3 rings (SSSR count). The average Bonchev–Trinajstić information content (AvgIpc) is 3.14. The second-order valence-electron chi connectivity index (χ2n) is 6.96. The first kappa shape index (κ1) is 21.2. The predicted octanol–water partition coefficient (Wildman–Crippen LogP) is 2.70. The Morgan fingerprint density at radius 3 is 2.66 bits per heavy atom. The number of sulfonamides is 1. The van der Waals surface area contributed by atoms with Crippen molar-refractivity contribution >= 4 is 21.4 Å². The van der Waals surface area contributed by atoms with Crippen molar-refractivity contribution in [3.05, 3.63) is 40.0 Å². The average molecular weight is 423 g/mol. The molecule has 1 aromatic heterocycles. The molecule has 2 heterocycles. The first-order valence-corrected chi connectivity index (χ1v) is 11.1. The number of aromatic nitrogens is 2. The maximum absolute atomic E-state index is 12.8. The molecule has 1 aromatic carbocycles. The summed E-state index contributed by atoms with van der Waals surface area (Å²) in [5.41, 5.74) is 0.176. The van der Waals surface area contributed by atoms with Crippen molar-refractivity contribution < 1.29 is 17.9 Å². The van der Waals surface area contributed by atoms with E-state index in [1.807, 2.05) is 4.90 Å². The van der Waals surface area contributed by atoms with Gasteiger partial charge in [-0.1, -0.05) is 19.0 Å². The Bertz CT molecular complexity index is 986. The molecular weight excluding hydrogens is 398 g/mol. The zero-order valence-electron chi connectivity index (χ0n) is 16.7. The minimum atomic E-state index is -3.78. The minimum Gasteiger partial charge on any atom is -0.365 e. The molecule has 1 saturated heterocycles. The lowest BCUT2D eigenvalue weighted by Crippen LogP contribution is -2.35. The van der Waals surface area contributed by atoms with Gasteiger partial charge in [-0.05, 0) is 31.9 Å². The van der Waals surface area contributed by atoms with E-state index in [-0.39, 0.29) is 16.5 Å².